The van der Waals surface area contributed by atoms with E-state index in [4.69, 9.17) is 22.7 Å². The standard InChI is InChI=1S/C19H33N5O3S/c1-4-5-10-24-16(20)15(17(25)22-18(24)26)23(11-12-27-3)19(28)21-14-9-7-6-8-13(14)2/h13-14H,4-12,20H2,1-3H3,(H,21,28)(H,22,25,26)/t13-,14+/m0/s1. The summed E-state index contributed by atoms with van der Waals surface area (Å²) in [6.45, 7) is 5.43. The van der Waals surface area contributed by atoms with Crippen LogP contribution in [0.2, 0.25) is 0 Å². The molecule has 1 saturated carbocycles. The fraction of sp³-hybridized carbons (Fsp3) is 0.737. The first-order valence-electron chi connectivity index (χ1n) is 10.1. The lowest BCUT2D eigenvalue weighted by Gasteiger charge is -2.34. The van der Waals surface area contributed by atoms with Gasteiger partial charge in [0.2, 0.25) is 0 Å². The van der Waals surface area contributed by atoms with E-state index in [2.05, 4.69) is 17.2 Å². The van der Waals surface area contributed by atoms with Gasteiger partial charge in [-0.15, -0.1) is 0 Å². The van der Waals surface area contributed by atoms with Gasteiger partial charge in [0.25, 0.3) is 5.56 Å². The van der Waals surface area contributed by atoms with E-state index < -0.39 is 11.2 Å². The van der Waals surface area contributed by atoms with Gasteiger partial charge in [-0.25, -0.2) is 4.79 Å². The van der Waals surface area contributed by atoms with Crippen LogP contribution in [-0.2, 0) is 11.3 Å². The molecule has 0 radical (unpaired) electrons. The molecule has 158 valence electrons. The molecule has 0 spiro atoms. The summed E-state index contributed by atoms with van der Waals surface area (Å²) in [6, 6.07) is 0.262. The molecular weight excluding hydrogens is 378 g/mol. The van der Waals surface area contributed by atoms with Crippen molar-refractivity contribution in [1.82, 2.24) is 14.9 Å². The van der Waals surface area contributed by atoms with Crippen molar-refractivity contribution in [2.75, 3.05) is 30.9 Å². The lowest BCUT2D eigenvalue weighted by molar-refractivity contribution is 0.207. The Hall–Kier alpha value is -1.87. The SMILES string of the molecule is CCCCn1c(N)c(N(CCOC)C(=S)N[C@@H]2CCCC[C@@H]2C)c(=O)[nH]c1=O. The quantitative estimate of drug-likeness (QED) is 0.560. The number of unbranched alkanes of at least 4 members (excludes halogenated alkanes) is 1. The topological polar surface area (TPSA) is 105 Å². The summed E-state index contributed by atoms with van der Waals surface area (Å²) in [5, 5.41) is 3.85. The van der Waals surface area contributed by atoms with Crippen LogP contribution in [0.1, 0.15) is 52.4 Å². The van der Waals surface area contributed by atoms with E-state index in [1.165, 1.54) is 11.0 Å². The van der Waals surface area contributed by atoms with Crippen molar-refractivity contribution in [3.63, 3.8) is 0 Å². The summed E-state index contributed by atoms with van der Waals surface area (Å²) < 4.78 is 6.61. The van der Waals surface area contributed by atoms with Crippen molar-refractivity contribution in [3.8, 4) is 0 Å². The Kier molecular flexibility index (Phi) is 8.50. The van der Waals surface area contributed by atoms with Crippen LogP contribution < -0.4 is 27.2 Å². The maximum Gasteiger partial charge on any atom is 0.330 e. The second kappa shape index (κ2) is 10.6. The number of anilines is 2. The van der Waals surface area contributed by atoms with Gasteiger partial charge in [0, 0.05) is 26.2 Å². The number of nitrogens with one attached hydrogen (secondary N) is 2. The highest BCUT2D eigenvalue weighted by Crippen LogP contribution is 2.25. The van der Waals surface area contributed by atoms with Gasteiger partial charge < -0.3 is 20.7 Å². The van der Waals surface area contributed by atoms with E-state index in [1.54, 1.807) is 12.0 Å². The number of hydrogen-bond acceptors (Lipinski definition) is 5. The fourth-order valence-electron chi connectivity index (χ4n) is 3.64. The van der Waals surface area contributed by atoms with E-state index in [1.807, 2.05) is 6.92 Å². The molecule has 0 amide bonds. The van der Waals surface area contributed by atoms with Crippen molar-refractivity contribution in [1.29, 1.82) is 0 Å². The van der Waals surface area contributed by atoms with Crippen molar-refractivity contribution < 1.29 is 4.74 Å². The highest BCUT2D eigenvalue weighted by molar-refractivity contribution is 7.80. The molecule has 1 fully saturated rings. The average Bonchev–Trinajstić information content (AvgIpc) is 2.65. The monoisotopic (exact) mass is 411 g/mol. The number of rotatable bonds is 8. The van der Waals surface area contributed by atoms with Crippen molar-refractivity contribution in [2.45, 2.75) is 65.0 Å². The molecular formula is C19H33N5O3S. The summed E-state index contributed by atoms with van der Waals surface area (Å²) in [4.78, 5) is 28.9. The lowest BCUT2D eigenvalue weighted by Crippen LogP contribution is -2.51. The maximum absolute atomic E-state index is 12.6. The molecule has 1 heterocycles. The molecule has 0 unspecified atom stereocenters. The highest BCUT2D eigenvalue weighted by Gasteiger charge is 2.26. The number of methoxy groups -OCH3 is 1. The molecule has 0 bridgehead atoms. The molecule has 0 aliphatic heterocycles. The fourth-order valence-corrected chi connectivity index (χ4v) is 3.98. The summed E-state index contributed by atoms with van der Waals surface area (Å²) in [5.41, 5.74) is 5.44. The Morgan fingerprint density at radius 2 is 2.11 bits per heavy atom. The normalized spacial score (nSPS) is 19.4. The first-order valence-corrected chi connectivity index (χ1v) is 10.5. The molecule has 4 N–H and O–H groups in total. The van der Waals surface area contributed by atoms with Gasteiger partial charge in [0.05, 0.1) is 6.61 Å². The maximum atomic E-state index is 12.6. The van der Waals surface area contributed by atoms with Gasteiger partial charge in [-0.05, 0) is 37.4 Å². The number of thiocarbonyl (C=S) groups is 1. The van der Waals surface area contributed by atoms with Gasteiger partial charge in [0.1, 0.15) is 5.82 Å². The number of H-pyrrole nitrogens is 1. The first-order chi connectivity index (χ1) is 13.4. The van der Waals surface area contributed by atoms with Gasteiger partial charge in [-0.3, -0.25) is 14.3 Å². The molecule has 1 aromatic rings. The Bertz CT molecular complexity index is 776. The zero-order valence-electron chi connectivity index (χ0n) is 17.1. The Balaban J connectivity index is 2.37. The minimum absolute atomic E-state index is 0.138. The summed E-state index contributed by atoms with van der Waals surface area (Å²) in [7, 11) is 1.59. The van der Waals surface area contributed by atoms with Crippen molar-refractivity contribution >= 4 is 28.8 Å². The smallest absolute Gasteiger partial charge is 0.330 e. The highest BCUT2D eigenvalue weighted by atomic mass is 32.1. The minimum atomic E-state index is -0.535. The Morgan fingerprint density at radius 3 is 2.75 bits per heavy atom. The van der Waals surface area contributed by atoms with Gasteiger partial charge >= 0.3 is 5.69 Å². The molecule has 28 heavy (non-hydrogen) atoms. The number of aromatic nitrogens is 2. The van der Waals surface area contributed by atoms with Crippen LogP contribution in [0.5, 0.6) is 0 Å². The minimum Gasteiger partial charge on any atom is -0.383 e. The lowest BCUT2D eigenvalue weighted by atomic mass is 9.86. The van der Waals surface area contributed by atoms with E-state index in [-0.39, 0.29) is 17.5 Å². The van der Waals surface area contributed by atoms with Gasteiger partial charge in [0.15, 0.2) is 10.8 Å². The third-order valence-corrected chi connectivity index (χ3v) is 5.74. The average molecular weight is 412 g/mol. The molecule has 8 nitrogen and oxygen atoms in total. The number of aromatic amines is 1. The zero-order chi connectivity index (χ0) is 20.7. The number of hydrogen-bond donors (Lipinski definition) is 3. The number of ether oxygens (including phenoxy) is 1. The van der Waals surface area contributed by atoms with Crippen LogP contribution in [0.4, 0.5) is 11.5 Å². The van der Waals surface area contributed by atoms with Gasteiger partial charge in [-0.2, -0.15) is 0 Å². The first kappa shape index (κ1) is 22.4. The molecule has 1 aliphatic rings. The van der Waals surface area contributed by atoms with Crippen LogP contribution >= 0.6 is 12.2 Å². The largest absolute Gasteiger partial charge is 0.383 e. The Labute approximate surface area is 171 Å². The zero-order valence-corrected chi connectivity index (χ0v) is 17.9. The van der Waals surface area contributed by atoms with Crippen LogP contribution in [0.25, 0.3) is 0 Å². The molecule has 2 atom stereocenters. The summed E-state index contributed by atoms with van der Waals surface area (Å²) >= 11 is 5.65. The molecule has 0 saturated heterocycles. The summed E-state index contributed by atoms with van der Waals surface area (Å²) in [6.07, 6.45) is 6.29. The number of nitrogens with two attached hydrogens (primary N) is 1. The van der Waals surface area contributed by atoms with Crippen LogP contribution in [-0.4, -0.2) is 41.0 Å². The molecule has 2 rings (SSSR count). The molecule has 9 heteroatoms. The number of nitrogen functional groups attached to an aromatic ring is 1. The third kappa shape index (κ3) is 5.35. The van der Waals surface area contributed by atoms with E-state index in [0.29, 0.717) is 30.7 Å². The van der Waals surface area contributed by atoms with Crippen LogP contribution in [0.15, 0.2) is 9.59 Å². The Morgan fingerprint density at radius 1 is 1.39 bits per heavy atom. The predicted octanol–water partition coefficient (Wildman–Crippen LogP) is 1.82. The second-order valence-electron chi connectivity index (χ2n) is 7.46. The van der Waals surface area contributed by atoms with E-state index in [0.717, 1.165) is 32.1 Å². The number of nitrogens with zero attached hydrogens (tertiary/aromatic N) is 2. The predicted molar refractivity (Wildman–Crippen MR) is 117 cm³/mol. The van der Waals surface area contributed by atoms with E-state index in [9.17, 15) is 9.59 Å². The van der Waals surface area contributed by atoms with Gasteiger partial charge in [-0.1, -0.05) is 33.1 Å². The van der Waals surface area contributed by atoms with Crippen LogP contribution in [0.3, 0.4) is 0 Å². The molecule has 1 aliphatic carbocycles. The van der Waals surface area contributed by atoms with Crippen LogP contribution in [0, 0.1) is 5.92 Å². The van der Waals surface area contributed by atoms with Crippen molar-refractivity contribution in [2.24, 2.45) is 5.92 Å². The third-order valence-electron chi connectivity index (χ3n) is 5.40. The second-order valence-corrected chi connectivity index (χ2v) is 7.85. The summed E-state index contributed by atoms with van der Waals surface area (Å²) in [5.74, 6) is 0.643. The van der Waals surface area contributed by atoms with Crippen molar-refractivity contribution in [3.05, 3.63) is 20.8 Å². The molecule has 0 aromatic carbocycles. The van der Waals surface area contributed by atoms with E-state index >= 15 is 0 Å². The molecule has 1 aromatic heterocycles.